The van der Waals surface area contributed by atoms with Crippen LogP contribution < -0.4 is 5.32 Å². The van der Waals surface area contributed by atoms with Crippen molar-refractivity contribution in [3.8, 4) is 0 Å². The number of nitrogens with zero attached hydrogens (tertiary/aromatic N) is 2. The number of carbonyl (C=O) groups is 1. The summed E-state index contributed by atoms with van der Waals surface area (Å²) in [6, 6.07) is 4.75. The Hall–Kier alpha value is -2.29. The number of fused-ring (bicyclic) bond motifs is 1. The summed E-state index contributed by atoms with van der Waals surface area (Å²) in [4.78, 5) is 19.0. The number of nitrogens with one attached hydrogen (secondary N) is 2. The smallest absolute Gasteiger partial charge is 0.475 e. The highest BCUT2D eigenvalue weighted by atomic mass is 19.4. The fourth-order valence-electron chi connectivity index (χ4n) is 2.74. The molecule has 3 N–H and O–H groups in total. The molecule has 1 aliphatic rings. The average Bonchev–Trinajstić information content (AvgIpc) is 3.14. The molecule has 144 valence electrons. The second-order valence-electron chi connectivity index (χ2n) is 7.19. The Balaban J connectivity index is 0.000000298. The second-order valence-corrected chi connectivity index (χ2v) is 7.19. The van der Waals surface area contributed by atoms with Crippen molar-refractivity contribution in [1.29, 1.82) is 0 Å². The van der Waals surface area contributed by atoms with E-state index in [2.05, 4.69) is 53.1 Å². The van der Waals surface area contributed by atoms with Gasteiger partial charge in [-0.2, -0.15) is 13.2 Å². The maximum absolute atomic E-state index is 10.6. The van der Waals surface area contributed by atoms with Gasteiger partial charge in [0.25, 0.3) is 0 Å². The number of likely N-dealkylation sites (tertiary alicyclic amines) is 1. The Kier molecular flexibility index (Phi) is 5.80. The SMILES string of the molecule is CC(C)(C)N1CCC(Nc2cnc3[nH]ccc3c2)C1.O=C(O)C(F)(F)F. The van der Waals surface area contributed by atoms with Crippen LogP contribution >= 0.6 is 0 Å². The quantitative estimate of drug-likeness (QED) is 0.752. The van der Waals surface area contributed by atoms with Crippen LogP contribution in [0.5, 0.6) is 0 Å². The van der Waals surface area contributed by atoms with E-state index in [1.54, 1.807) is 0 Å². The molecule has 1 saturated heterocycles. The molecular formula is C17H23F3N4O2. The zero-order chi connectivity index (χ0) is 19.5. The number of anilines is 1. The number of aliphatic carboxylic acids is 1. The normalized spacial score (nSPS) is 18.5. The van der Waals surface area contributed by atoms with Gasteiger partial charge in [-0.3, -0.25) is 4.90 Å². The lowest BCUT2D eigenvalue weighted by atomic mass is 10.1. The Morgan fingerprint density at radius 2 is 2.04 bits per heavy atom. The molecule has 0 saturated carbocycles. The zero-order valence-corrected chi connectivity index (χ0v) is 14.9. The lowest BCUT2D eigenvalue weighted by molar-refractivity contribution is -0.192. The Morgan fingerprint density at radius 1 is 1.38 bits per heavy atom. The number of hydrogen-bond acceptors (Lipinski definition) is 4. The van der Waals surface area contributed by atoms with E-state index in [0.717, 1.165) is 23.3 Å². The van der Waals surface area contributed by atoms with E-state index in [1.165, 1.54) is 13.0 Å². The largest absolute Gasteiger partial charge is 0.490 e. The van der Waals surface area contributed by atoms with Gasteiger partial charge in [-0.15, -0.1) is 0 Å². The minimum Gasteiger partial charge on any atom is -0.475 e. The number of aromatic nitrogens is 2. The molecule has 3 rings (SSSR count). The molecule has 0 spiro atoms. The highest BCUT2D eigenvalue weighted by Gasteiger charge is 2.38. The number of carboxylic acids is 1. The van der Waals surface area contributed by atoms with Gasteiger partial charge in [0.15, 0.2) is 0 Å². The first kappa shape index (κ1) is 20.0. The predicted octanol–water partition coefficient (Wildman–Crippen LogP) is 3.48. The van der Waals surface area contributed by atoms with Crippen molar-refractivity contribution < 1.29 is 23.1 Å². The van der Waals surface area contributed by atoms with Crippen molar-refractivity contribution in [2.45, 2.75) is 44.9 Å². The molecule has 0 radical (unpaired) electrons. The summed E-state index contributed by atoms with van der Waals surface area (Å²) in [7, 11) is 0. The molecule has 1 aliphatic heterocycles. The number of rotatable bonds is 2. The predicted molar refractivity (Wildman–Crippen MR) is 93.1 cm³/mol. The van der Waals surface area contributed by atoms with Gasteiger partial charge in [0.1, 0.15) is 5.65 Å². The third-order valence-electron chi connectivity index (χ3n) is 4.15. The topological polar surface area (TPSA) is 81.2 Å². The maximum atomic E-state index is 10.6. The molecule has 0 aliphatic carbocycles. The molecular weight excluding hydrogens is 349 g/mol. The van der Waals surface area contributed by atoms with Gasteiger partial charge in [0.2, 0.25) is 0 Å². The molecule has 1 fully saturated rings. The number of H-pyrrole nitrogens is 1. The van der Waals surface area contributed by atoms with E-state index < -0.39 is 12.1 Å². The molecule has 2 aromatic heterocycles. The Bertz CT molecular complexity index is 752. The lowest BCUT2D eigenvalue weighted by Crippen LogP contribution is -2.40. The summed E-state index contributed by atoms with van der Waals surface area (Å²) in [5.41, 5.74) is 2.33. The van der Waals surface area contributed by atoms with Crippen molar-refractivity contribution in [2.75, 3.05) is 18.4 Å². The summed E-state index contributed by atoms with van der Waals surface area (Å²) >= 11 is 0. The van der Waals surface area contributed by atoms with Crippen LogP contribution in [0.4, 0.5) is 18.9 Å². The van der Waals surface area contributed by atoms with Crippen LogP contribution in [-0.4, -0.2) is 56.8 Å². The highest BCUT2D eigenvalue weighted by molar-refractivity contribution is 5.78. The molecule has 0 aromatic carbocycles. The number of aromatic amines is 1. The summed E-state index contributed by atoms with van der Waals surface area (Å²) in [5, 5.41) is 11.9. The second kappa shape index (κ2) is 7.53. The first-order valence-corrected chi connectivity index (χ1v) is 8.21. The molecule has 2 aromatic rings. The van der Waals surface area contributed by atoms with E-state index in [9.17, 15) is 13.2 Å². The van der Waals surface area contributed by atoms with Crippen LogP contribution in [0.3, 0.4) is 0 Å². The fraction of sp³-hybridized carbons (Fsp3) is 0.529. The molecule has 26 heavy (non-hydrogen) atoms. The number of carboxylic acid groups (broad SMARTS) is 1. The van der Waals surface area contributed by atoms with E-state index in [0.29, 0.717) is 6.04 Å². The number of halogens is 3. The summed E-state index contributed by atoms with van der Waals surface area (Å²) < 4.78 is 31.7. The minimum atomic E-state index is -5.08. The average molecular weight is 372 g/mol. The van der Waals surface area contributed by atoms with Crippen LogP contribution in [-0.2, 0) is 4.79 Å². The summed E-state index contributed by atoms with van der Waals surface area (Å²) in [6.07, 6.45) is -0.0423. The van der Waals surface area contributed by atoms with Crippen LogP contribution in [0.15, 0.2) is 24.5 Å². The first-order valence-electron chi connectivity index (χ1n) is 8.21. The molecule has 0 bridgehead atoms. The molecule has 9 heteroatoms. The van der Waals surface area contributed by atoms with Gasteiger partial charge in [-0.1, -0.05) is 0 Å². The Morgan fingerprint density at radius 3 is 2.58 bits per heavy atom. The van der Waals surface area contributed by atoms with Gasteiger partial charge in [-0.05, 0) is 39.3 Å². The van der Waals surface area contributed by atoms with Crippen molar-refractivity contribution in [3.05, 3.63) is 24.5 Å². The third kappa shape index (κ3) is 5.35. The number of pyridine rings is 1. The summed E-state index contributed by atoms with van der Waals surface area (Å²) in [6.45, 7) is 9.12. The lowest BCUT2D eigenvalue weighted by Gasteiger charge is -2.31. The highest BCUT2D eigenvalue weighted by Crippen LogP contribution is 2.23. The van der Waals surface area contributed by atoms with Crippen LogP contribution in [0.2, 0.25) is 0 Å². The molecule has 6 nitrogen and oxygen atoms in total. The van der Waals surface area contributed by atoms with Gasteiger partial charge in [0, 0.05) is 36.3 Å². The monoisotopic (exact) mass is 372 g/mol. The van der Waals surface area contributed by atoms with Gasteiger partial charge >= 0.3 is 12.1 Å². The van der Waals surface area contributed by atoms with E-state index in [1.807, 2.05) is 12.4 Å². The zero-order valence-electron chi connectivity index (χ0n) is 14.9. The maximum Gasteiger partial charge on any atom is 0.490 e. The minimum absolute atomic E-state index is 0.263. The Labute approximate surface area is 149 Å². The number of alkyl halides is 3. The molecule has 3 heterocycles. The van der Waals surface area contributed by atoms with Crippen molar-refractivity contribution in [2.24, 2.45) is 0 Å². The van der Waals surface area contributed by atoms with Gasteiger partial charge < -0.3 is 15.4 Å². The van der Waals surface area contributed by atoms with Crippen LogP contribution in [0, 0.1) is 0 Å². The third-order valence-corrected chi connectivity index (χ3v) is 4.15. The van der Waals surface area contributed by atoms with Crippen molar-refractivity contribution >= 4 is 22.7 Å². The van der Waals surface area contributed by atoms with E-state index in [-0.39, 0.29) is 5.54 Å². The van der Waals surface area contributed by atoms with E-state index >= 15 is 0 Å². The van der Waals surface area contributed by atoms with Crippen molar-refractivity contribution in [3.63, 3.8) is 0 Å². The van der Waals surface area contributed by atoms with Crippen LogP contribution in [0.25, 0.3) is 11.0 Å². The van der Waals surface area contributed by atoms with Gasteiger partial charge in [-0.25, -0.2) is 9.78 Å². The molecule has 0 amide bonds. The van der Waals surface area contributed by atoms with Crippen molar-refractivity contribution in [1.82, 2.24) is 14.9 Å². The van der Waals surface area contributed by atoms with E-state index in [4.69, 9.17) is 9.90 Å². The first-order chi connectivity index (χ1) is 12.0. The number of hydrogen-bond donors (Lipinski definition) is 3. The fourth-order valence-corrected chi connectivity index (χ4v) is 2.74. The standard InChI is InChI=1S/C15H22N4.C2HF3O2/c1-15(2,3)19-7-5-12(10-19)18-13-8-11-4-6-16-14(11)17-9-13;3-2(4,5)1(6)7/h4,6,8-9,12,18H,5,7,10H2,1-3H3,(H,16,17);(H,6,7). The van der Waals surface area contributed by atoms with Crippen LogP contribution in [0.1, 0.15) is 27.2 Å². The summed E-state index contributed by atoms with van der Waals surface area (Å²) in [5.74, 6) is -2.76. The van der Waals surface area contributed by atoms with Gasteiger partial charge in [0.05, 0.1) is 11.9 Å². The molecule has 1 unspecified atom stereocenters. The molecule has 1 atom stereocenters.